The molecule has 1 aliphatic carbocycles. The number of thiophene rings is 1. The van der Waals surface area contributed by atoms with Crippen LogP contribution in [0.5, 0.6) is 0 Å². The highest BCUT2D eigenvalue weighted by atomic mass is 35.5. The third-order valence-electron chi connectivity index (χ3n) is 6.55. The predicted molar refractivity (Wildman–Crippen MR) is 135 cm³/mol. The summed E-state index contributed by atoms with van der Waals surface area (Å²) in [5, 5.41) is 4.44. The van der Waals surface area contributed by atoms with Gasteiger partial charge in [-0.2, -0.15) is 0 Å². The van der Waals surface area contributed by atoms with E-state index in [1.807, 2.05) is 0 Å². The number of carbonyl (C=O) groups excluding carboxylic acids is 1. The Hall–Kier alpha value is -1.93. The number of carbonyl (C=O) groups is 1. The number of likely N-dealkylation sites (tertiary alicyclic amines) is 1. The normalized spacial score (nSPS) is 17.3. The fourth-order valence-corrected chi connectivity index (χ4v) is 6.70. The van der Waals surface area contributed by atoms with Gasteiger partial charge in [-0.15, -0.1) is 11.3 Å². The number of nitrogens with one attached hydrogen (secondary N) is 1. The zero-order valence-corrected chi connectivity index (χ0v) is 20.8. The van der Waals surface area contributed by atoms with Gasteiger partial charge in [-0.25, -0.2) is 4.98 Å². The van der Waals surface area contributed by atoms with Gasteiger partial charge in [0.25, 0.3) is 5.56 Å². The molecular formula is C24H26Cl2N4O2S. The van der Waals surface area contributed by atoms with Gasteiger partial charge in [0, 0.05) is 20.6 Å². The van der Waals surface area contributed by atoms with Gasteiger partial charge < -0.3 is 5.32 Å². The summed E-state index contributed by atoms with van der Waals surface area (Å²) >= 11 is 13.8. The summed E-state index contributed by atoms with van der Waals surface area (Å²) in [5.41, 5.74) is 1.52. The van der Waals surface area contributed by atoms with Crippen LogP contribution in [0.3, 0.4) is 0 Å². The van der Waals surface area contributed by atoms with E-state index in [1.165, 1.54) is 4.88 Å². The molecule has 0 saturated carbocycles. The molecule has 0 spiro atoms. The lowest BCUT2D eigenvalue weighted by Crippen LogP contribution is -2.36. The summed E-state index contributed by atoms with van der Waals surface area (Å²) < 4.78 is 1.60. The lowest BCUT2D eigenvalue weighted by atomic mass is 9.97. The Kier molecular flexibility index (Phi) is 6.49. The van der Waals surface area contributed by atoms with Crippen LogP contribution in [0, 0.1) is 0 Å². The maximum Gasteiger partial charge on any atom is 0.263 e. The number of aromatic nitrogens is 2. The van der Waals surface area contributed by atoms with Crippen LogP contribution < -0.4 is 10.9 Å². The van der Waals surface area contributed by atoms with Crippen molar-refractivity contribution in [2.45, 2.75) is 58.0 Å². The minimum atomic E-state index is -0.732. The van der Waals surface area contributed by atoms with Crippen molar-refractivity contribution in [1.29, 1.82) is 0 Å². The number of anilines is 1. The van der Waals surface area contributed by atoms with Gasteiger partial charge in [-0.3, -0.25) is 19.1 Å². The average Bonchev–Trinajstić information content (AvgIpc) is 3.40. The number of amides is 1. The Morgan fingerprint density at radius 1 is 1.12 bits per heavy atom. The quantitative estimate of drug-likeness (QED) is 0.502. The molecule has 1 aliphatic heterocycles. The first-order valence-electron chi connectivity index (χ1n) is 11.5. The fourth-order valence-electron chi connectivity index (χ4n) is 4.90. The first-order valence-corrected chi connectivity index (χ1v) is 13.0. The minimum Gasteiger partial charge on any atom is -0.324 e. The Balaban J connectivity index is 1.57. The molecule has 1 amide bonds. The second-order valence-electron chi connectivity index (χ2n) is 8.90. The molecule has 2 aromatic heterocycles. The van der Waals surface area contributed by atoms with Crippen molar-refractivity contribution in [2.75, 3.05) is 18.4 Å². The minimum absolute atomic E-state index is 0.111. The van der Waals surface area contributed by atoms with E-state index in [1.54, 1.807) is 41.0 Å². The number of halogens is 2. The SMILES string of the molecule is CC(C(=O)Nc1cc(Cl)cc(Cl)c1)n1c(CN2CCCC2)nc2sc3c(c2c1=O)CCCC3. The van der Waals surface area contributed by atoms with Gasteiger partial charge in [0.2, 0.25) is 5.91 Å². The number of rotatable bonds is 5. The summed E-state index contributed by atoms with van der Waals surface area (Å²) in [6.07, 6.45) is 6.42. The number of nitrogens with zero attached hydrogens (tertiary/aromatic N) is 3. The van der Waals surface area contributed by atoms with Gasteiger partial charge in [-0.05, 0) is 82.3 Å². The molecule has 2 aliphatic rings. The van der Waals surface area contributed by atoms with Crippen LogP contribution in [-0.4, -0.2) is 33.4 Å². The molecule has 0 bridgehead atoms. The van der Waals surface area contributed by atoms with Crippen LogP contribution in [0.25, 0.3) is 10.2 Å². The summed E-state index contributed by atoms with van der Waals surface area (Å²) in [5.74, 6) is 0.350. The van der Waals surface area contributed by atoms with Crippen LogP contribution in [0.1, 0.15) is 54.9 Å². The molecule has 9 heteroatoms. The Morgan fingerprint density at radius 2 is 1.82 bits per heavy atom. The third kappa shape index (κ3) is 4.56. The van der Waals surface area contributed by atoms with Gasteiger partial charge >= 0.3 is 0 Å². The van der Waals surface area contributed by atoms with E-state index >= 15 is 0 Å². The van der Waals surface area contributed by atoms with Crippen LogP contribution in [0.2, 0.25) is 10.0 Å². The van der Waals surface area contributed by atoms with Crippen molar-refractivity contribution in [2.24, 2.45) is 0 Å². The molecule has 1 unspecified atom stereocenters. The molecule has 33 heavy (non-hydrogen) atoms. The van der Waals surface area contributed by atoms with Crippen molar-refractivity contribution < 1.29 is 4.79 Å². The largest absolute Gasteiger partial charge is 0.324 e. The van der Waals surface area contributed by atoms with Crippen LogP contribution >= 0.6 is 34.5 Å². The van der Waals surface area contributed by atoms with E-state index in [-0.39, 0.29) is 11.5 Å². The molecular weight excluding hydrogens is 479 g/mol. The van der Waals surface area contributed by atoms with Gasteiger partial charge in [0.15, 0.2) is 0 Å². The van der Waals surface area contributed by atoms with E-state index in [9.17, 15) is 9.59 Å². The summed E-state index contributed by atoms with van der Waals surface area (Å²) in [4.78, 5) is 36.4. The highest BCUT2D eigenvalue weighted by molar-refractivity contribution is 7.18. The smallest absolute Gasteiger partial charge is 0.263 e. The van der Waals surface area contributed by atoms with E-state index < -0.39 is 6.04 Å². The highest BCUT2D eigenvalue weighted by Gasteiger charge is 2.27. The van der Waals surface area contributed by atoms with Gasteiger partial charge in [-0.1, -0.05) is 23.2 Å². The molecule has 1 saturated heterocycles. The standard InChI is InChI=1S/C24H26Cl2N4O2S/c1-14(22(31)27-17-11-15(25)10-16(26)12-17)30-20(13-29-8-4-5-9-29)28-23-21(24(30)32)18-6-2-3-7-19(18)33-23/h10-12,14H,2-9,13H2,1H3,(H,27,31). The molecule has 1 aromatic carbocycles. The molecule has 174 valence electrons. The lowest BCUT2D eigenvalue weighted by molar-refractivity contribution is -0.119. The number of benzene rings is 1. The number of hydrogen-bond acceptors (Lipinski definition) is 5. The monoisotopic (exact) mass is 504 g/mol. The van der Waals surface area contributed by atoms with E-state index in [4.69, 9.17) is 28.2 Å². The zero-order chi connectivity index (χ0) is 23.1. The second-order valence-corrected chi connectivity index (χ2v) is 10.9. The predicted octanol–water partition coefficient (Wildman–Crippen LogP) is 5.44. The Bertz CT molecular complexity index is 1260. The number of aryl methyl sites for hydroxylation is 2. The Labute approximate surface area is 206 Å². The number of hydrogen-bond donors (Lipinski definition) is 1. The van der Waals surface area contributed by atoms with Gasteiger partial charge in [0.1, 0.15) is 16.7 Å². The van der Waals surface area contributed by atoms with Crippen LogP contribution in [0.4, 0.5) is 5.69 Å². The van der Waals surface area contributed by atoms with Gasteiger partial charge in [0.05, 0.1) is 11.9 Å². The van der Waals surface area contributed by atoms with E-state index in [0.717, 1.165) is 62.0 Å². The molecule has 3 aromatic rings. The third-order valence-corrected chi connectivity index (χ3v) is 8.18. The summed E-state index contributed by atoms with van der Waals surface area (Å²) in [6, 6.07) is 4.16. The lowest BCUT2D eigenvalue weighted by Gasteiger charge is -2.22. The second kappa shape index (κ2) is 9.37. The molecule has 6 nitrogen and oxygen atoms in total. The topological polar surface area (TPSA) is 67.2 Å². The average molecular weight is 505 g/mol. The van der Waals surface area contributed by atoms with Crippen molar-refractivity contribution in [1.82, 2.24) is 14.5 Å². The number of fused-ring (bicyclic) bond motifs is 3. The van der Waals surface area contributed by atoms with Crippen molar-refractivity contribution >= 4 is 56.3 Å². The van der Waals surface area contributed by atoms with E-state index in [2.05, 4.69) is 10.2 Å². The first kappa shape index (κ1) is 22.8. The molecule has 1 fully saturated rings. The summed E-state index contributed by atoms with van der Waals surface area (Å²) in [7, 11) is 0. The summed E-state index contributed by atoms with van der Waals surface area (Å²) in [6.45, 7) is 4.28. The molecule has 5 rings (SSSR count). The molecule has 3 heterocycles. The zero-order valence-electron chi connectivity index (χ0n) is 18.5. The van der Waals surface area contributed by atoms with Crippen LogP contribution in [0.15, 0.2) is 23.0 Å². The van der Waals surface area contributed by atoms with Crippen LogP contribution in [-0.2, 0) is 24.2 Å². The highest BCUT2D eigenvalue weighted by Crippen LogP contribution is 2.34. The van der Waals surface area contributed by atoms with Crippen molar-refractivity contribution in [3.8, 4) is 0 Å². The first-order chi connectivity index (χ1) is 15.9. The van der Waals surface area contributed by atoms with E-state index in [0.29, 0.717) is 33.5 Å². The van der Waals surface area contributed by atoms with Crippen molar-refractivity contribution in [3.63, 3.8) is 0 Å². The molecule has 1 N–H and O–H groups in total. The Morgan fingerprint density at radius 3 is 2.55 bits per heavy atom. The fraction of sp³-hybridized carbons (Fsp3) is 0.458. The van der Waals surface area contributed by atoms with Crippen molar-refractivity contribution in [3.05, 3.63) is 54.9 Å². The maximum atomic E-state index is 13.9. The molecule has 0 radical (unpaired) electrons. The molecule has 1 atom stereocenters. The maximum absolute atomic E-state index is 13.9.